The van der Waals surface area contributed by atoms with Gasteiger partial charge in [-0.15, -0.1) is 0 Å². The molecule has 3 heteroatoms. The number of rotatable bonds is 3. The van der Waals surface area contributed by atoms with Gasteiger partial charge in [-0.05, 0) is 105 Å². The number of benzene rings is 2. The fraction of sp³-hybridized carbons (Fsp3) is 0.425. The summed E-state index contributed by atoms with van der Waals surface area (Å²) in [7, 11) is 0. The van der Waals surface area contributed by atoms with E-state index in [0.717, 1.165) is 45.4 Å². The van der Waals surface area contributed by atoms with E-state index in [1.807, 2.05) is 20.8 Å². The summed E-state index contributed by atoms with van der Waals surface area (Å²) in [5.41, 5.74) is 10.1. The van der Waals surface area contributed by atoms with Gasteiger partial charge in [0.05, 0.1) is 11.0 Å². The second-order valence-corrected chi connectivity index (χ2v) is 14.4. The second kappa shape index (κ2) is 9.45. The lowest BCUT2D eigenvalue weighted by molar-refractivity contribution is -0.139. The summed E-state index contributed by atoms with van der Waals surface area (Å²) in [5, 5.41) is 0. The van der Waals surface area contributed by atoms with Crippen molar-refractivity contribution in [1.82, 2.24) is 0 Å². The van der Waals surface area contributed by atoms with Gasteiger partial charge in [0.15, 0.2) is 17.3 Å². The number of hydrogen-bond donors (Lipinski definition) is 0. The summed E-state index contributed by atoms with van der Waals surface area (Å²) in [5.74, 6) is -0.130. The van der Waals surface area contributed by atoms with Gasteiger partial charge in [-0.2, -0.15) is 0 Å². The van der Waals surface area contributed by atoms with Crippen molar-refractivity contribution in [2.24, 2.45) is 22.2 Å². The maximum atomic E-state index is 14.9. The molecule has 5 atom stereocenters. The average Bonchev–Trinajstić information content (AvgIpc) is 3.43. The Hall–Kier alpha value is -3.59. The third kappa shape index (κ3) is 3.63. The van der Waals surface area contributed by atoms with Crippen LogP contribution in [0.4, 0.5) is 0 Å². The molecular weight excluding hydrogens is 528 g/mol. The van der Waals surface area contributed by atoms with Crippen LogP contribution in [0.3, 0.4) is 0 Å². The molecule has 0 amide bonds. The van der Waals surface area contributed by atoms with Crippen LogP contribution in [0.1, 0.15) is 112 Å². The van der Waals surface area contributed by atoms with Gasteiger partial charge in [-0.1, -0.05) is 93.0 Å². The molecule has 0 saturated carbocycles. The maximum absolute atomic E-state index is 14.9. The third-order valence-electron chi connectivity index (χ3n) is 12.7. The second-order valence-electron chi connectivity index (χ2n) is 14.4. The number of hydrogen-bond acceptors (Lipinski definition) is 3. The van der Waals surface area contributed by atoms with Gasteiger partial charge < -0.3 is 0 Å². The Bertz CT molecular complexity index is 1770. The van der Waals surface area contributed by atoms with E-state index in [4.69, 9.17) is 0 Å². The van der Waals surface area contributed by atoms with Crippen molar-refractivity contribution in [3.05, 3.63) is 104 Å². The van der Waals surface area contributed by atoms with E-state index in [1.54, 1.807) is 0 Å². The average molecular weight is 573 g/mol. The summed E-state index contributed by atoms with van der Waals surface area (Å²) in [6.07, 6.45) is 5.90. The highest BCUT2D eigenvalue weighted by Gasteiger charge is 2.67. The number of fused-ring (bicyclic) bond motifs is 3. The lowest BCUT2D eigenvalue weighted by atomic mass is 9.37. The van der Waals surface area contributed by atoms with Crippen LogP contribution in [0.5, 0.6) is 0 Å². The first-order chi connectivity index (χ1) is 20.1. The van der Waals surface area contributed by atoms with E-state index in [-0.39, 0.29) is 29.2 Å². The molecule has 0 radical (unpaired) electrons. The minimum absolute atomic E-state index is 0.0296. The van der Waals surface area contributed by atoms with E-state index >= 15 is 0 Å². The van der Waals surface area contributed by atoms with Crippen molar-refractivity contribution in [2.75, 3.05) is 0 Å². The molecule has 3 nitrogen and oxygen atoms in total. The number of carbonyl (C=O) groups excluding carboxylic acids is 3. The lowest BCUT2D eigenvalue weighted by Crippen LogP contribution is -2.62. The van der Waals surface area contributed by atoms with Gasteiger partial charge in [0.25, 0.3) is 0 Å². The Balaban J connectivity index is 1.49. The molecule has 6 rings (SSSR count). The Labute approximate surface area is 256 Å². The summed E-state index contributed by atoms with van der Waals surface area (Å²) in [6.45, 7) is 20.6. The predicted molar refractivity (Wildman–Crippen MR) is 175 cm³/mol. The molecule has 0 bridgehead atoms. The lowest BCUT2D eigenvalue weighted by Gasteiger charge is -2.64. The van der Waals surface area contributed by atoms with E-state index in [9.17, 15) is 14.4 Å². The zero-order valence-corrected chi connectivity index (χ0v) is 27.4. The molecule has 4 aliphatic rings. The molecule has 4 aliphatic carbocycles. The van der Waals surface area contributed by atoms with Gasteiger partial charge in [0, 0.05) is 16.6 Å². The van der Waals surface area contributed by atoms with Crippen LogP contribution >= 0.6 is 0 Å². The highest BCUT2D eigenvalue weighted by Crippen LogP contribution is 2.71. The first kappa shape index (κ1) is 29.5. The molecule has 222 valence electrons. The number of aryl methyl sites for hydroxylation is 1. The van der Waals surface area contributed by atoms with Crippen LogP contribution in [0.2, 0.25) is 0 Å². The van der Waals surface area contributed by atoms with Crippen LogP contribution in [-0.2, 0) is 9.59 Å². The first-order valence-corrected chi connectivity index (χ1v) is 15.7. The minimum Gasteiger partial charge on any atom is -0.294 e. The molecule has 0 saturated heterocycles. The molecule has 0 N–H and O–H groups in total. The zero-order chi connectivity index (χ0) is 31.4. The maximum Gasteiger partial charge on any atom is 0.190 e. The smallest absolute Gasteiger partial charge is 0.190 e. The fourth-order valence-electron chi connectivity index (χ4n) is 9.57. The monoisotopic (exact) mass is 572 g/mol. The minimum atomic E-state index is -0.930. The van der Waals surface area contributed by atoms with Crippen LogP contribution in [0.25, 0.3) is 11.1 Å². The quantitative estimate of drug-likeness (QED) is 0.344. The van der Waals surface area contributed by atoms with E-state index in [1.165, 1.54) is 29.2 Å². The van der Waals surface area contributed by atoms with Crippen LogP contribution in [0, 0.1) is 36.0 Å². The summed E-state index contributed by atoms with van der Waals surface area (Å²) >= 11 is 0. The van der Waals surface area contributed by atoms with Crippen molar-refractivity contribution in [3.63, 3.8) is 0 Å². The van der Waals surface area contributed by atoms with Crippen molar-refractivity contribution in [2.45, 2.75) is 88.0 Å². The molecular formula is C40H44O3. The van der Waals surface area contributed by atoms with Crippen molar-refractivity contribution in [1.29, 1.82) is 0 Å². The molecule has 2 aromatic rings. The van der Waals surface area contributed by atoms with Gasteiger partial charge in [0.1, 0.15) is 0 Å². The Morgan fingerprint density at radius 3 is 2.12 bits per heavy atom. The number of Topliss-reactive ketones (excluding diaryl/α,β-unsaturated/α-hetero) is 3. The molecule has 0 aromatic heterocycles. The number of carbonyl (C=O) groups is 3. The Kier molecular flexibility index (Phi) is 6.48. The van der Waals surface area contributed by atoms with Gasteiger partial charge in [-0.3, -0.25) is 14.4 Å². The van der Waals surface area contributed by atoms with Gasteiger partial charge in [-0.25, -0.2) is 0 Å². The zero-order valence-electron chi connectivity index (χ0n) is 27.4. The normalized spacial score (nSPS) is 31.9. The SMILES string of the molecule is CC(=O)C1=C(C)C[C@@]2(C)[C@H](C)[C@]3(C)C(=C(C)[C@@]2(C)C1=O)C(=O)c1c(ccc(C2=CC=C(c4ccc(C)cc4)C2)c1C)[C@H]3C. The molecule has 0 unspecified atom stereocenters. The van der Waals surface area contributed by atoms with E-state index < -0.39 is 16.2 Å². The number of allylic oxidation sites excluding steroid dienone is 8. The molecule has 43 heavy (non-hydrogen) atoms. The summed E-state index contributed by atoms with van der Waals surface area (Å²) in [4.78, 5) is 41.9. The molecule has 0 heterocycles. The highest BCUT2D eigenvalue weighted by molar-refractivity contribution is 6.24. The predicted octanol–water partition coefficient (Wildman–Crippen LogP) is 9.34. The first-order valence-electron chi connectivity index (χ1n) is 15.7. The Morgan fingerprint density at radius 1 is 0.860 bits per heavy atom. The fourth-order valence-corrected chi connectivity index (χ4v) is 9.57. The molecule has 0 aliphatic heterocycles. The standard InChI is InChI=1S/C40H44O3/c1-21-11-13-28(14-12-21)29-15-16-30(19-29)31-17-18-32-24(4)39(9)27(7)38(8)20-22(2)33(26(6)41)37(43)40(38,10)25(5)35(39)36(42)34(32)23(31)3/h11-18,24,27H,19-20H2,1-10H3/t24-,27+,38+,39-,40+/m1/s1. The molecule has 0 spiro atoms. The van der Waals surface area contributed by atoms with Gasteiger partial charge >= 0.3 is 0 Å². The topological polar surface area (TPSA) is 51.2 Å². The van der Waals surface area contributed by atoms with Crippen molar-refractivity contribution < 1.29 is 14.4 Å². The number of ketones is 3. The molecule has 2 aromatic carbocycles. The van der Waals surface area contributed by atoms with Crippen molar-refractivity contribution in [3.8, 4) is 0 Å². The Morgan fingerprint density at radius 2 is 1.49 bits per heavy atom. The summed E-state index contributed by atoms with van der Waals surface area (Å²) in [6, 6.07) is 13.1. The van der Waals surface area contributed by atoms with Crippen LogP contribution < -0.4 is 0 Å². The largest absolute Gasteiger partial charge is 0.294 e. The van der Waals surface area contributed by atoms with Crippen LogP contribution in [0.15, 0.2) is 70.8 Å². The van der Waals surface area contributed by atoms with Crippen LogP contribution in [-0.4, -0.2) is 17.3 Å². The van der Waals surface area contributed by atoms with Crippen molar-refractivity contribution >= 4 is 28.5 Å². The molecule has 0 fully saturated rings. The van der Waals surface area contributed by atoms with E-state index in [2.05, 4.69) is 90.1 Å². The van der Waals surface area contributed by atoms with E-state index in [0.29, 0.717) is 12.0 Å². The third-order valence-corrected chi connectivity index (χ3v) is 12.7. The highest BCUT2D eigenvalue weighted by atomic mass is 16.2. The summed E-state index contributed by atoms with van der Waals surface area (Å²) < 4.78 is 0. The van der Waals surface area contributed by atoms with Gasteiger partial charge in [0.2, 0.25) is 0 Å².